The highest BCUT2D eigenvalue weighted by Gasteiger charge is 2.40. The Labute approximate surface area is 141 Å². The predicted molar refractivity (Wildman–Crippen MR) is 91.5 cm³/mol. The summed E-state index contributed by atoms with van der Waals surface area (Å²) in [5.74, 6) is 0.114. The summed E-state index contributed by atoms with van der Waals surface area (Å²) in [6.45, 7) is 1.80. The number of rotatable bonds is 3. The maximum atomic E-state index is 11.6. The first-order valence-electron chi connectivity index (χ1n) is 7.56. The monoisotopic (exact) mass is 335 g/mol. The van der Waals surface area contributed by atoms with Crippen molar-refractivity contribution in [2.24, 2.45) is 5.92 Å². The molecule has 1 saturated heterocycles. The van der Waals surface area contributed by atoms with Gasteiger partial charge in [-0.2, -0.15) is 0 Å². The Morgan fingerprint density at radius 2 is 1.41 bits per heavy atom. The van der Waals surface area contributed by atoms with Crippen molar-refractivity contribution in [3.8, 4) is 0 Å². The second kappa shape index (κ2) is 6.59. The van der Waals surface area contributed by atoms with E-state index < -0.39 is 5.60 Å². The molecule has 0 aromatic heterocycles. The molecule has 1 atom stereocenters. The van der Waals surface area contributed by atoms with Crippen LogP contribution >= 0.6 is 23.2 Å². The molecule has 4 heteroatoms. The topological polar surface area (TPSA) is 32.3 Å². The highest BCUT2D eigenvalue weighted by molar-refractivity contribution is 6.30. The molecule has 0 saturated carbocycles. The average Bonchev–Trinajstić information content (AvgIpc) is 2.56. The second-order valence-electron chi connectivity index (χ2n) is 5.82. The van der Waals surface area contributed by atoms with Crippen molar-refractivity contribution in [2.45, 2.75) is 18.4 Å². The molecule has 1 fully saturated rings. The summed E-state index contributed by atoms with van der Waals surface area (Å²) in [7, 11) is 0. The van der Waals surface area contributed by atoms with E-state index in [0.717, 1.165) is 37.1 Å². The van der Waals surface area contributed by atoms with Crippen molar-refractivity contribution in [2.75, 3.05) is 13.1 Å². The molecular formula is C18H19Cl2NO. The minimum absolute atomic E-state index is 0.114. The van der Waals surface area contributed by atoms with Crippen LogP contribution in [0.15, 0.2) is 48.5 Å². The molecule has 1 heterocycles. The summed E-state index contributed by atoms with van der Waals surface area (Å²) >= 11 is 12.0. The Morgan fingerprint density at radius 1 is 0.909 bits per heavy atom. The molecule has 2 aromatic rings. The van der Waals surface area contributed by atoms with Crippen LogP contribution in [0, 0.1) is 5.92 Å². The van der Waals surface area contributed by atoms with E-state index in [4.69, 9.17) is 23.2 Å². The smallest absolute Gasteiger partial charge is 0.119 e. The van der Waals surface area contributed by atoms with Crippen molar-refractivity contribution >= 4 is 23.2 Å². The summed E-state index contributed by atoms with van der Waals surface area (Å²) in [5, 5.41) is 16.4. The van der Waals surface area contributed by atoms with E-state index in [2.05, 4.69) is 5.32 Å². The van der Waals surface area contributed by atoms with Gasteiger partial charge >= 0.3 is 0 Å². The third kappa shape index (κ3) is 3.02. The molecule has 0 aliphatic carbocycles. The Hall–Kier alpha value is -1.06. The lowest BCUT2D eigenvalue weighted by atomic mass is 9.73. The Bertz CT molecular complexity index is 573. The molecular weight excluding hydrogens is 317 g/mol. The molecule has 2 N–H and O–H groups in total. The van der Waals surface area contributed by atoms with Gasteiger partial charge in [-0.1, -0.05) is 47.5 Å². The average molecular weight is 336 g/mol. The van der Waals surface area contributed by atoms with Crippen molar-refractivity contribution in [1.29, 1.82) is 0 Å². The second-order valence-corrected chi connectivity index (χ2v) is 6.70. The van der Waals surface area contributed by atoms with Gasteiger partial charge in [-0.25, -0.2) is 0 Å². The predicted octanol–water partition coefficient (Wildman–Crippen LogP) is 4.23. The molecule has 0 amide bonds. The molecule has 116 valence electrons. The van der Waals surface area contributed by atoms with Crippen LogP contribution in [-0.2, 0) is 5.60 Å². The fraction of sp³-hybridized carbons (Fsp3) is 0.333. The van der Waals surface area contributed by atoms with Crippen LogP contribution in [0.1, 0.15) is 24.0 Å². The number of nitrogens with one attached hydrogen (secondary N) is 1. The van der Waals surface area contributed by atoms with E-state index >= 15 is 0 Å². The van der Waals surface area contributed by atoms with Gasteiger partial charge in [-0.05, 0) is 54.8 Å². The molecule has 0 radical (unpaired) electrons. The van der Waals surface area contributed by atoms with E-state index in [1.807, 2.05) is 48.5 Å². The Kier molecular flexibility index (Phi) is 4.74. The van der Waals surface area contributed by atoms with Crippen LogP contribution in [0.2, 0.25) is 10.0 Å². The summed E-state index contributed by atoms with van der Waals surface area (Å²) < 4.78 is 0. The third-order valence-electron chi connectivity index (χ3n) is 4.46. The zero-order valence-corrected chi connectivity index (χ0v) is 13.7. The van der Waals surface area contributed by atoms with Crippen LogP contribution in [0.4, 0.5) is 0 Å². The van der Waals surface area contributed by atoms with Crippen molar-refractivity contribution < 1.29 is 5.11 Å². The van der Waals surface area contributed by atoms with Crippen molar-refractivity contribution in [3.63, 3.8) is 0 Å². The first kappa shape index (κ1) is 15.8. The number of benzene rings is 2. The maximum absolute atomic E-state index is 11.6. The maximum Gasteiger partial charge on any atom is 0.119 e. The van der Waals surface area contributed by atoms with Gasteiger partial charge in [0.25, 0.3) is 0 Å². The molecule has 0 bridgehead atoms. The minimum atomic E-state index is -1.04. The van der Waals surface area contributed by atoms with E-state index in [1.54, 1.807) is 0 Å². The Morgan fingerprint density at radius 3 is 1.82 bits per heavy atom. The first-order chi connectivity index (χ1) is 10.6. The van der Waals surface area contributed by atoms with Gasteiger partial charge in [0.05, 0.1) is 0 Å². The van der Waals surface area contributed by atoms with E-state index in [0.29, 0.717) is 10.0 Å². The standard InChI is InChI=1S/C18H19Cl2NO/c19-16-7-3-13(4-8-16)18(22,15-2-1-11-21-12-15)14-5-9-17(20)10-6-14/h3-10,15,21-22H,1-2,11-12H2/t15-/m0/s1. The van der Waals surface area contributed by atoms with Crippen molar-refractivity contribution in [1.82, 2.24) is 5.32 Å². The van der Waals surface area contributed by atoms with Crippen LogP contribution in [0.5, 0.6) is 0 Å². The minimum Gasteiger partial charge on any atom is -0.380 e. The summed E-state index contributed by atoms with van der Waals surface area (Å²) in [4.78, 5) is 0. The van der Waals surface area contributed by atoms with Crippen LogP contribution in [0.3, 0.4) is 0 Å². The lowest BCUT2D eigenvalue weighted by Gasteiger charge is -2.39. The van der Waals surface area contributed by atoms with Gasteiger partial charge in [0.2, 0.25) is 0 Å². The summed E-state index contributed by atoms with van der Waals surface area (Å²) in [5.41, 5.74) is 0.698. The van der Waals surface area contributed by atoms with Gasteiger partial charge in [-0.3, -0.25) is 0 Å². The highest BCUT2D eigenvalue weighted by atomic mass is 35.5. The summed E-state index contributed by atoms with van der Waals surface area (Å²) in [6.07, 6.45) is 2.04. The number of halogens is 2. The number of hydrogen-bond donors (Lipinski definition) is 2. The van der Waals surface area contributed by atoms with Crippen LogP contribution in [0.25, 0.3) is 0 Å². The fourth-order valence-electron chi connectivity index (χ4n) is 3.25. The lowest BCUT2D eigenvalue weighted by Crippen LogP contribution is -2.45. The highest BCUT2D eigenvalue weighted by Crippen LogP contribution is 2.40. The third-order valence-corrected chi connectivity index (χ3v) is 4.96. The van der Waals surface area contributed by atoms with Gasteiger partial charge in [0.15, 0.2) is 0 Å². The molecule has 1 aliphatic rings. The van der Waals surface area contributed by atoms with Crippen LogP contribution in [-0.4, -0.2) is 18.2 Å². The molecule has 0 spiro atoms. The van der Waals surface area contributed by atoms with Gasteiger partial charge in [0, 0.05) is 22.5 Å². The van der Waals surface area contributed by atoms with E-state index in [1.165, 1.54) is 0 Å². The number of aliphatic hydroxyl groups is 1. The molecule has 0 unspecified atom stereocenters. The largest absolute Gasteiger partial charge is 0.380 e. The number of piperidine rings is 1. The quantitative estimate of drug-likeness (QED) is 0.879. The molecule has 2 aromatic carbocycles. The van der Waals surface area contributed by atoms with Crippen molar-refractivity contribution in [3.05, 3.63) is 69.7 Å². The zero-order chi connectivity index (χ0) is 15.6. The summed E-state index contributed by atoms with van der Waals surface area (Å²) in [6, 6.07) is 14.9. The van der Waals surface area contributed by atoms with Gasteiger partial charge < -0.3 is 10.4 Å². The lowest BCUT2D eigenvalue weighted by molar-refractivity contribution is 0.00541. The SMILES string of the molecule is OC(c1ccc(Cl)cc1)(c1ccc(Cl)cc1)[C@H]1CCCNC1. The Balaban J connectivity index is 2.08. The fourth-order valence-corrected chi connectivity index (χ4v) is 3.51. The van der Waals surface area contributed by atoms with E-state index in [-0.39, 0.29) is 5.92 Å². The molecule has 1 aliphatic heterocycles. The molecule has 3 rings (SSSR count). The molecule has 2 nitrogen and oxygen atoms in total. The normalized spacial score (nSPS) is 19.1. The van der Waals surface area contributed by atoms with Gasteiger partial charge in [-0.15, -0.1) is 0 Å². The van der Waals surface area contributed by atoms with Crippen LogP contribution < -0.4 is 5.32 Å². The zero-order valence-electron chi connectivity index (χ0n) is 12.2. The molecule has 22 heavy (non-hydrogen) atoms. The van der Waals surface area contributed by atoms with E-state index in [9.17, 15) is 5.11 Å². The number of hydrogen-bond acceptors (Lipinski definition) is 2. The first-order valence-corrected chi connectivity index (χ1v) is 8.31. The van der Waals surface area contributed by atoms with Gasteiger partial charge in [0.1, 0.15) is 5.60 Å².